The quantitative estimate of drug-likeness (QED) is 0.672. The van der Waals surface area contributed by atoms with Crippen LogP contribution in [0.2, 0.25) is 0 Å². The van der Waals surface area contributed by atoms with Crippen LogP contribution in [0.1, 0.15) is 23.2 Å². The first-order chi connectivity index (χ1) is 10.1. The number of carbonyl (C=O) groups is 3. The summed E-state index contributed by atoms with van der Waals surface area (Å²) in [6.45, 7) is 0. The molecule has 1 aliphatic carbocycles. The Labute approximate surface area is 123 Å². The molecular formula is C14H12N2O4S. The molecule has 108 valence electrons. The highest BCUT2D eigenvalue weighted by atomic mass is 32.1. The smallest absolute Gasteiger partial charge is 0.373 e. The van der Waals surface area contributed by atoms with E-state index in [-0.39, 0.29) is 17.4 Å². The Morgan fingerprint density at radius 1 is 1.24 bits per heavy atom. The predicted octanol–water partition coefficient (Wildman–Crippen LogP) is 2.49. The van der Waals surface area contributed by atoms with Gasteiger partial charge in [-0.1, -0.05) is 18.2 Å². The van der Waals surface area contributed by atoms with Crippen LogP contribution in [0, 0.1) is 5.92 Å². The number of nitrogens with one attached hydrogen (secondary N) is 1. The standard InChI is InChI=1S/C14H12N2O4S/c15-14(19)20-13(18)10-8-3-1-2-4-9(8)21-12(10)16-11(17)7-5-6-7/h1-4,7H,5-6H2,(H2,15,19)(H,16,17). The molecule has 7 heteroatoms. The number of fused-ring (bicyclic) bond motifs is 1. The number of esters is 1. The zero-order valence-corrected chi connectivity index (χ0v) is 11.7. The van der Waals surface area contributed by atoms with Crippen LogP contribution < -0.4 is 11.1 Å². The molecule has 21 heavy (non-hydrogen) atoms. The number of hydrogen-bond acceptors (Lipinski definition) is 5. The number of thiophene rings is 1. The largest absolute Gasteiger partial charge is 0.412 e. The molecule has 1 aliphatic rings. The van der Waals surface area contributed by atoms with Crippen molar-refractivity contribution in [2.75, 3.05) is 5.32 Å². The maximum atomic E-state index is 12.1. The van der Waals surface area contributed by atoms with E-state index in [0.29, 0.717) is 10.4 Å². The molecule has 1 fully saturated rings. The van der Waals surface area contributed by atoms with E-state index in [0.717, 1.165) is 17.5 Å². The molecule has 3 N–H and O–H groups in total. The molecule has 0 unspecified atom stereocenters. The van der Waals surface area contributed by atoms with Gasteiger partial charge in [0.25, 0.3) is 0 Å². The lowest BCUT2D eigenvalue weighted by Crippen LogP contribution is -2.20. The van der Waals surface area contributed by atoms with Crippen molar-refractivity contribution in [3.05, 3.63) is 29.8 Å². The summed E-state index contributed by atoms with van der Waals surface area (Å²) in [6.07, 6.45) is 0.546. The van der Waals surface area contributed by atoms with E-state index in [1.54, 1.807) is 12.1 Å². The first-order valence-electron chi connectivity index (χ1n) is 6.40. The fourth-order valence-corrected chi connectivity index (χ4v) is 3.13. The van der Waals surface area contributed by atoms with E-state index in [9.17, 15) is 14.4 Å². The summed E-state index contributed by atoms with van der Waals surface area (Å²) in [6, 6.07) is 7.15. The number of anilines is 1. The predicted molar refractivity (Wildman–Crippen MR) is 78.2 cm³/mol. The number of amides is 2. The maximum Gasteiger partial charge on any atom is 0.412 e. The van der Waals surface area contributed by atoms with Crippen LogP contribution in [0.5, 0.6) is 0 Å². The Hall–Kier alpha value is -2.41. The molecule has 0 atom stereocenters. The molecule has 1 saturated carbocycles. The molecule has 6 nitrogen and oxygen atoms in total. The van der Waals surface area contributed by atoms with Crippen molar-refractivity contribution in [3.8, 4) is 0 Å². The van der Waals surface area contributed by atoms with Gasteiger partial charge in [0.05, 0.1) is 0 Å². The van der Waals surface area contributed by atoms with Crippen molar-refractivity contribution in [2.24, 2.45) is 11.7 Å². The van der Waals surface area contributed by atoms with Crippen molar-refractivity contribution in [3.63, 3.8) is 0 Å². The molecular weight excluding hydrogens is 292 g/mol. The third kappa shape index (κ3) is 2.73. The Bertz CT molecular complexity index is 749. The van der Waals surface area contributed by atoms with Gasteiger partial charge in [-0.3, -0.25) is 4.79 Å². The summed E-state index contributed by atoms with van der Waals surface area (Å²) in [7, 11) is 0. The highest BCUT2D eigenvalue weighted by Gasteiger charge is 2.31. The third-order valence-corrected chi connectivity index (χ3v) is 4.26. The number of nitrogens with two attached hydrogens (primary N) is 1. The van der Waals surface area contributed by atoms with Crippen LogP contribution in [0.4, 0.5) is 9.80 Å². The van der Waals surface area contributed by atoms with E-state index >= 15 is 0 Å². The van der Waals surface area contributed by atoms with Crippen LogP contribution >= 0.6 is 11.3 Å². The van der Waals surface area contributed by atoms with E-state index in [4.69, 9.17) is 5.73 Å². The van der Waals surface area contributed by atoms with Crippen LogP contribution in [-0.4, -0.2) is 18.0 Å². The van der Waals surface area contributed by atoms with Gasteiger partial charge in [-0.05, 0) is 18.9 Å². The van der Waals surface area contributed by atoms with Gasteiger partial charge >= 0.3 is 12.1 Å². The topological polar surface area (TPSA) is 98.5 Å². The lowest BCUT2D eigenvalue weighted by Gasteiger charge is -2.04. The molecule has 0 saturated heterocycles. The third-order valence-electron chi connectivity index (χ3n) is 3.18. The maximum absolute atomic E-state index is 12.1. The van der Waals surface area contributed by atoms with E-state index in [2.05, 4.69) is 10.1 Å². The van der Waals surface area contributed by atoms with Crippen molar-refractivity contribution in [2.45, 2.75) is 12.8 Å². The van der Waals surface area contributed by atoms with E-state index in [1.165, 1.54) is 11.3 Å². The minimum absolute atomic E-state index is 0.00947. The number of primary amides is 1. The van der Waals surface area contributed by atoms with Crippen LogP contribution in [0.15, 0.2) is 24.3 Å². The molecule has 0 spiro atoms. The van der Waals surface area contributed by atoms with Gasteiger partial charge < -0.3 is 15.8 Å². The minimum atomic E-state index is -1.17. The van der Waals surface area contributed by atoms with E-state index in [1.807, 2.05) is 12.1 Å². The molecule has 1 aromatic carbocycles. The Balaban J connectivity index is 2.02. The highest BCUT2D eigenvalue weighted by Crippen LogP contribution is 2.38. The van der Waals surface area contributed by atoms with Gasteiger partial charge in [-0.2, -0.15) is 0 Å². The fourth-order valence-electron chi connectivity index (χ4n) is 2.04. The van der Waals surface area contributed by atoms with Crippen molar-refractivity contribution >= 4 is 44.4 Å². The summed E-state index contributed by atoms with van der Waals surface area (Å²) in [5, 5.41) is 3.76. The molecule has 1 aromatic heterocycles. The number of ether oxygens (including phenoxy) is 1. The average Bonchev–Trinajstić information content (AvgIpc) is 3.19. The van der Waals surface area contributed by atoms with Gasteiger partial charge in [-0.15, -0.1) is 11.3 Å². The Morgan fingerprint density at radius 3 is 2.62 bits per heavy atom. The van der Waals surface area contributed by atoms with Gasteiger partial charge in [0.1, 0.15) is 10.6 Å². The van der Waals surface area contributed by atoms with Crippen molar-refractivity contribution in [1.29, 1.82) is 0 Å². The summed E-state index contributed by atoms with van der Waals surface area (Å²) in [5.41, 5.74) is 5.06. The lowest BCUT2D eigenvalue weighted by atomic mass is 10.1. The van der Waals surface area contributed by atoms with Gasteiger partial charge in [0, 0.05) is 16.0 Å². The molecule has 2 aromatic rings. The van der Waals surface area contributed by atoms with E-state index < -0.39 is 12.1 Å². The highest BCUT2D eigenvalue weighted by molar-refractivity contribution is 7.23. The summed E-state index contributed by atoms with van der Waals surface area (Å²) in [4.78, 5) is 34.7. The molecule has 0 bridgehead atoms. The monoisotopic (exact) mass is 304 g/mol. The zero-order valence-electron chi connectivity index (χ0n) is 10.9. The SMILES string of the molecule is NC(=O)OC(=O)c1c(NC(=O)C2CC2)sc2ccccc12. The van der Waals surface area contributed by atoms with Crippen LogP contribution in [0.25, 0.3) is 10.1 Å². The number of benzene rings is 1. The number of rotatable bonds is 3. The molecule has 3 rings (SSSR count). The number of hydrogen-bond donors (Lipinski definition) is 2. The van der Waals surface area contributed by atoms with Crippen molar-refractivity contribution in [1.82, 2.24) is 0 Å². The molecule has 1 heterocycles. The average molecular weight is 304 g/mol. The Kier molecular flexibility index (Phi) is 3.34. The zero-order chi connectivity index (χ0) is 15.0. The van der Waals surface area contributed by atoms with Gasteiger partial charge in [-0.25, -0.2) is 9.59 Å². The second-order valence-electron chi connectivity index (χ2n) is 4.77. The Morgan fingerprint density at radius 2 is 1.95 bits per heavy atom. The van der Waals surface area contributed by atoms with Crippen molar-refractivity contribution < 1.29 is 19.1 Å². The van der Waals surface area contributed by atoms with Crippen LogP contribution in [-0.2, 0) is 9.53 Å². The molecule has 0 aliphatic heterocycles. The second kappa shape index (κ2) is 5.17. The normalized spacial score (nSPS) is 13.9. The van der Waals surface area contributed by atoms with Crippen LogP contribution in [0.3, 0.4) is 0 Å². The lowest BCUT2D eigenvalue weighted by molar-refractivity contribution is -0.117. The summed E-state index contributed by atoms with van der Waals surface area (Å²) in [5.74, 6) is -0.962. The number of carbonyl (C=O) groups excluding carboxylic acids is 3. The second-order valence-corrected chi connectivity index (χ2v) is 5.83. The minimum Gasteiger partial charge on any atom is -0.373 e. The summed E-state index contributed by atoms with van der Waals surface area (Å²) >= 11 is 1.27. The molecule has 0 radical (unpaired) electrons. The molecule has 2 amide bonds. The van der Waals surface area contributed by atoms with Gasteiger partial charge in [0.2, 0.25) is 5.91 Å². The summed E-state index contributed by atoms with van der Waals surface area (Å²) < 4.78 is 5.28. The first-order valence-corrected chi connectivity index (χ1v) is 7.22. The first kappa shape index (κ1) is 13.6. The fraction of sp³-hybridized carbons (Fsp3) is 0.214. The van der Waals surface area contributed by atoms with Gasteiger partial charge in [0.15, 0.2) is 0 Å².